The van der Waals surface area contributed by atoms with Gasteiger partial charge in [0.2, 0.25) is 5.62 Å². The molecule has 1 saturated carbocycles. The zero-order valence-corrected chi connectivity index (χ0v) is 21.7. The number of hydrogen-bond acceptors (Lipinski definition) is 3. The highest BCUT2D eigenvalue weighted by molar-refractivity contribution is 5.96. The molecule has 0 saturated heterocycles. The van der Waals surface area contributed by atoms with Crippen LogP contribution in [0, 0.1) is 24.1 Å². The molecular weight excluding hydrogens is 512 g/mol. The second kappa shape index (κ2) is 9.87. The highest BCUT2D eigenvalue weighted by Crippen LogP contribution is 2.42. The fourth-order valence-corrected chi connectivity index (χ4v) is 4.82. The lowest BCUT2D eigenvalue weighted by Gasteiger charge is -2.20. The number of nitrogens with zero attached hydrogens (tertiary/aromatic N) is 4. The molecule has 1 aliphatic carbocycles. The number of carbonyl (C=O) groups is 1. The zero-order valence-electron chi connectivity index (χ0n) is 21.7. The maximum Gasteiger partial charge on any atom is 0.435 e. The van der Waals surface area contributed by atoms with Crippen molar-refractivity contribution in [1.29, 1.82) is 5.41 Å². The number of benzene rings is 2. The molecule has 4 aromatic rings. The van der Waals surface area contributed by atoms with Crippen LogP contribution in [0.1, 0.15) is 51.6 Å². The Labute approximate surface area is 222 Å². The second-order valence-electron chi connectivity index (χ2n) is 10.1. The number of aromatic nitrogens is 4. The van der Waals surface area contributed by atoms with Crippen LogP contribution in [0.4, 0.5) is 17.6 Å². The highest BCUT2D eigenvalue weighted by atomic mass is 19.4. The fraction of sp³-hybridized carbons (Fsp3) is 0.321. The Morgan fingerprint density at radius 1 is 1.15 bits per heavy atom. The third-order valence-electron chi connectivity index (χ3n) is 7.01. The predicted octanol–water partition coefficient (Wildman–Crippen LogP) is 5.10. The molecule has 2 aromatic carbocycles. The minimum atomic E-state index is -4.69. The van der Waals surface area contributed by atoms with Gasteiger partial charge in [0.1, 0.15) is 5.82 Å². The van der Waals surface area contributed by atoms with Crippen LogP contribution in [0.25, 0.3) is 11.1 Å². The molecule has 39 heavy (non-hydrogen) atoms. The maximum atomic E-state index is 13.9. The summed E-state index contributed by atoms with van der Waals surface area (Å²) in [5.74, 6) is -0.581. The summed E-state index contributed by atoms with van der Waals surface area (Å²) in [5.41, 5.74) is 1.21. The highest BCUT2D eigenvalue weighted by Gasteiger charge is 2.38. The number of hydrogen-bond donors (Lipinski definition) is 2. The van der Waals surface area contributed by atoms with Crippen molar-refractivity contribution in [1.82, 2.24) is 24.2 Å². The molecule has 204 valence electrons. The van der Waals surface area contributed by atoms with Gasteiger partial charge in [0.05, 0.1) is 12.6 Å². The lowest BCUT2D eigenvalue weighted by molar-refractivity contribution is -0.140. The molecule has 7 nitrogen and oxygen atoms in total. The quantitative estimate of drug-likeness (QED) is 0.320. The van der Waals surface area contributed by atoms with Gasteiger partial charge in [-0.05, 0) is 72.2 Å². The van der Waals surface area contributed by atoms with E-state index in [1.807, 2.05) is 0 Å². The molecule has 1 fully saturated rings. The molecule has 2 N–H and O–H groups in total. The first-order valence-electron chi connectivity index (χ1n) is 12.5. The number of alkyl halides is 3. The Balaban J connectivity index is 1.56. The largest absolute Gasteiger partial charge is 0.435 e. The summed E-state index contributed by atoms with van der Waals surface area (Å²) < 4.78 is 59.7. The van der Waals surface area contributed by atoms with E-state index in [9.17, 15) is 22.4 Å². The fourth-order valence-electron chi connectivity index (χ4n) is 4.82. The van der Waals surface area contributed by atoms with Crippen LogP contribution in [-0.2, 0) is 26.8 Å². The van der Waals surface area contributed by atoms with E-state index in [2.05, 4.69) is 10.4 Å². The van der Waals surface area contributed by atoms with E-state index in [4.69, 9.17) is 5.41 Å². The summed E-state index contributed by atoms with van der Waals surface area (Å²) >= 11 is 0. The Morgan fingerprint density at radius 3 is 2.51 bits per heavy atom. The predicted molar refractivity (Wildman–Crippen MR) is 136 cm³/mol. The van der Waals surface area contributed by atoms with Gasteiger partial charge in [-0.1, -0.05) is 12.1 Å². The molecule has 2 heterocycles. The molecule has 1 aliphatic rings. The molecule has 2 aromatic heterocycles. The number of halogens is 4. The van der Waals surface area contributed by atoms with E-state index in [0.717, 1.165) is 23.1 Å². The molecule has 5 rings (SSSR count). The van der Waals surface area contributed by atoms with Crippen molar-refractivity contribution >= 4 is 5.91 Å². The van der Waals surface area contributed by atoms with Crippen molar-refractivity contribution in [2.24, 2.45) is 20.0 Å². The van der Waals surface area contributed by atoms with Crippen LogP contribution >= 0.6 is 0 Å². The summed E-state index contributed by atoms with van der Waals surface area (Å²) in [6, 6.07) is 9.04. The number of rotatable bonds is 7. The molecule has 0 spiro atoms. The van der Waals surface area contributed by atoms with Crippen LogP contribution in [0.2, 0.25) is 0 Å². The average Bonchev–Trinajstić information content (AvgIpc) is 3.57. The van der Waals surface area contributed by atoms with E-state index in [1.165, 1.54) is 25.4 Å². The second-order valence-corrected chi connectivity index (χ2v) is 10.1. The topological polar surface area (TPSA) is 80.6 Å². The molecular formula is C28H28F4N6O. The average molecular weight is 541 g/mol. The maximum absolute atomic E-state index is 13.9. The zero-order chi connectivity index (χ0) is 28.1. The van der Waals surface area contributed by atoms with Crippen molar-refractivity contribution in [3.8, 4) is 11.1 Å². The third kappa shape index (κ3) is 5.52. The first-order valence-corrected chi connectivity index (χ1v) is 12.5. The van der Waals surface area contributed by atoms with Crippen LogP contribution in [0.15, 0.2) is 55.0 Å². The van der Waals surface area contributed by atoms with Gasteiger partial charge in [-0.15, -0.1) is 0 Å². The summed E-state index contributed by atoms with van der Waals surface area (Å²) in [7, 11) is 3.13. The molecule has 0 bridgehead atoms. The molecule has 0 unspecified atom stereocenters. The van der Waals surface area contributed by atoms with E-state index in [-0.39, 0.29) is 46.6 Å². The SMILES string of the molecule is Cc1cc([C@@H](NC(=O)c2cc(Cn3ccn(C)c3=N)cc(-c3cn(C)nc3C(F)(F)F)c2)C2CC2)ccc1F. The standard InChI is InChI=1S/C28H28F4N6O/c1-16-10-19(6-7-23(16)29)24(18-4-5-18)34-26(39)21-12-17(14-38-9-8-36(2)27(38)33)11-20(13-21)22-15-37(3)35-25(22)28(30,31)32/h6-13,15,18,24,33H,4-5,14H2,1-3H3,(H,34,39)/t24-/m0/s1. The van der Waals surface area contributed by atoms with Gasteiger partial charge in [-0.3, -0.25) is 14.9 Å². The minimum Gasteiger partial charge on any atom is -0.345 e. The molecule has 11 heteroatoms. The lowest BCUT2D eigenvalue weighted by Crippen LogP contribution is -2.30. The van der Waals surface area contributed by atoms with Crippen molar-refractivity contribution in [3.05, 3.63) is 94.4 Å². The summed E-state index contributed by atoms with van der Waals surface area (Å²) in [4.78, 5) is 13.6. The van der Waals surface area contributed by atoms with Crippen molar-refractivity contribution in [2.45, 2.75) is 38.5 Å². The Morgan fingerprint density at radius 2 is 1.90 bits per heavy atom. The van der Waals surface area contributed by atoms with Gasteiger partial charge in [-0.25, -0.2) is 4.39 Å². The number of aryl methyl sites for hydroxylation is 3. The van der Waals surface area contributed by atoms with E-state index in [1.54, 1.807) is 59.8 Å². The smallest absolute Gasteiger partial charge is 0.345 e. The van der Waals surface area contributed by atoms with Crippen molar-refractivity contribution < 1.29 is 22.4 Å². The minimum absolute atomic E-state index is 0.141. The monoisotopic (exact) mass is 540 g/mol. The Bertz CT molecular complexity index is 1610. The van der Waals surface area contributed by atoms with Crippen LogP contribution in [-0.4, -0.2) is 24.8 Å². The van der Waals surface area contributed by atoms with E-state index < -0.39 is 17.8 Å². The van der Waals surface area contributed by atoms with Gasteiger partial charge in [0.15, 0.2) is 5.69 Å². The molecule has 0 radical (unpaired) electrons. The Kier molecular flexibility index (Phi) is 6.69. The number of imidazole rings is 1. The van der Waals surface area contributed by atoms with E-state index >= 15 is 0 Å². The van der Waals surface area contributed by atoms with Crippen LogP contribution in [0.3, 0.4) is 0 Å². The van der Waals surface area contributed by atoms with Gasteiger partial charge in [-0.2, -0.15) is 18.3 Å². The van der Waals surface area contributed by atoms with Crippen molar-refractivity contribution in [2.75, 3.05) is 0 Å². The normalized spacial score (nSPS) is 14.4. The summed E-state index contributed by atoms with van der Waals surface area (Å²) in [6.07, 6.45) is 1.81. The summed E-state index contributed by atoms with van der Waals surface area (Å²) in [6.45, 7) is 1.84. The summed E-state index contributed by atoms with van der Waals surface area (Å²) in [5, 5.41) is 14.9. The van der Waals surface area contributed by atoms with E-state index in [0.29, 0.717) is 11.1 Å². The number of nitrogens with one attached hydrogen (secondary N) is 2. The molecule has 1 amide bonds. The molecule has 0 aliphatic heterocycles. The van der Waals surface area contributed by atoms with Crippen LogP contribution in [0.5, 0.6) is 0 Å². The van der Waals surface area contributed by atoms with Crippen LogP contribution < -0.4 is 10.9 Å². The van der Waals surface area contributed by atoms with Gasteiger partial charge < -0.3 is 14.5 Å². The first kappa shape index (κ1) is 26.5. The first-order chi connectivity index (χ1) is 18.4. The van der Waals surface area contributed by atoms with Gasteiger partial charge >= 0.3 is 6.18 Å². The number of amides is 1. The van der Waals surface area contributed by atoms with Gasteiger partial charge in [0.25, 0.3) is 5.91 Å². The Hall–Kier alpha value is -4.15. The van der Waals surface area contributed by atoms with Crippen molar-refractivity contribution in [3.63, 3.8) is 0 Å². The molecule has 1 atom stereocenters. The van der Waals surface area contributed by atoms with Gasteiger partial charge in [0, 0.05) is 43.8 Å². The lowest BCUT2D eigenvalue weighted by atomic mass is 9.97. The third-order valence-corrected chi connectivity index (χ3v) is 7.01. The number of carbonyl (C=O) groups excluding carboxylic acids is 1.